The topological polar surface area (TPSA) is 3.24 Å². The van der Waals surface area contributed by atoms with Crippen LogP contribution in [0.2, 0.25) is 0 Å². The lowest BCUT2D eigenvalue weighted by molar-refractivity contribution is 0.892. The van der Waals surface area contributed by atoms with Gasteiger partial charge >= 0.3 is 0 Å². The molecule has 0 saturated carbocycles. The lowest BCUT2D eigenvalue weighted by atomic mass is 9.99. The lowest BCUT2D eigenvalue weighted by Crippen LogP contribution is -2.17. The van der Waals surface area contributed by atoms with Gasteiger partial charge in [0.1, 0.15) is 0 Å². The fraction of sp³-hybridized carbons (Fsp3) is 0.0476. The molecular formula is C42H35N. The summed E-state index contributed by atoms with van der Waals surface area (Å²) >= 11 is 0. The molecule has 1 aliphatic carbocycles. The number of allylic oxidation sites excluding steroid dienone is 5. The van der Waals surface area contributed by atoms with Crippen molar-refractivity contribution >= 4 is 41.8 Å². The van der Waals surface area contributed by atoms with Crippen LogP contribution in [-0.2, 0) is 0 Å². The molecule has 1 nitrogen and oxygen atoms in total. The van der Waals surface area contributed by atoms with Crippen LogP contribution in [0.1, 0.15) is 40.7 Å². The van der Waals surface area contributed by atoms with Gasteiger partial charge < -0.3 is 4.90 Å². The van der Waals surface area contributed by atoms with E-state index in [2.05, 4.69) is 181 Å². The van der Waals surface area contributed by atoms with Crippen molar-refractivity contribution in [2.24, 2.45) is 0 Å². The van der Waals surface area contributed by atoms with Crippen molar-refractivity contribution in [2.75, 3.05) is 4.90 Å². The predicted molar refractivity (Wildman–Crippen MR) is 187 cm³/mol. The summed E-state index contributed by atoms with van der Waals surface area (Å²) in [6.07, 6.45) is 19.6. The summed E-state index contributed by atoms with van der Waals surface area (Å²) in [5.74, 6) is 0. The predicted octanol–water partition coefficient (Wildman–Crippen LogP) is 11.5. The first-order chi connectivity index (χ1) is 21.3. The summed E-state index contributed by atoms with van der Waals surface area (Å²) in [6, 6.07) is 49.1. The molecule has 0 bridgehead atoms. The van der Waals surface area contributed by atoms with Crippen LogP contribution in [-0.4, -0.2) is 0 Å². The summed E-state index contributed by atoms with van der Waals surface area (Å²) < 4.78 is 0. The van der Waals surface area contributed by atoms with Gasteiger partial charge in [-0.05, 0) is 76.6 Å². The van der Waals surface area contributed by atoms with Crippen molar-refractivity contribution in [1.82, 2.24) is 0 Å². The van der Waals surface area contributed by atoms with Gasteiger partial charge in [-0.25, -0.2) is 0 Å². The van der Waals surface area contributed by atoms with Crippen LogP contribution in [0.3, 0.4) is 0 Å². The molecule has 0 N–H and O–H groups in total. The van der Waals surface area contributed by atoms with Crippen LogP contribution < -0.4 is 4.90 Å². The van der Waals surface area contributed by atoms with E-state index in [1.165, 1.54) is 39.1 Å². The quantitative estimate of drug-likeness (QED) is 0.164. The third-order valence-corrected chi connectivity index (χ3v) is 7.57. The molecule has 0 heterocycles. The molecule has 0 amide bonds. The Labute approximate surface area is 255 Å². The van der Waals surface area contributed by atoms with Crippen LogP contribution in [0.15, 0.2) is 169 Å². The van der Waals surface area contributed by atoms with E-state index in [-0.39, 0.29) is 0 Å². The number of benzene rings is 5. The van der Waals surface area contributed by atoms with Gasteiger partial charge in [-0.2, -0.15) is 0 Å². The highest BCUT2D eigenvalue weighted by molar-refractivity contribution is 5.75. The highest BCUT2D eigenvalue weighted by Crippen LogP contribution is 2.35. The maximum atomic E-state index is 2.39. The van der Waals surface area contributed by atoms with Crippen molar-refractivity contribution in [2.45, 2.75) is 12.8 Å². The smallest absolute Gasteiger partial charge is 0.0458 e. The molecular weight excluding hydrogens is 518 g/mol. The molecule has 0 unspecified atom stereocenters. The lowest BCUT2D eigenvalue weighted by Gasteiger charge is -2.29. The molecule has 6 rings (SSSR count). The average molecular weight is 554 g/mol. The Balaban J connectivity index is 1.27. The van der Waals surface area contributed by atoms with E-state index in [0.717, 1.165) is 24.2 Å². The zero-order valence-corrected chi connectivity index (χ0v) is 24.3. The molecule has 1 aliphatic rings. The molecule has 0 fully saturated rings. The van der Waals surface area contributed by atoms with Gasteiger partial charge in [0.25, 0.3) is 0 Å². The molecule has 0 spiro atoms. The van der Waals surface area contributed by atoms with Crippen molar-refractivity contribution in [1.29, 1.82) is 0 Å². The second-order valence-corrected chi connectivity index (χ2v) is 10.7. The first-order valence-corrected chi connectivity index (χ1v) is 14.9. The SMILES string of the molecule is C1=C(/C=C/c2ccccc2)CCC(N(c2ccc(/C=C/c3ccccc3)cc2)c2ccc(/C=C/c3ccccc3)cc2)=C1. The zero-order valence-electron chi connectivity index (χ0n) is 24.3. The third kappa shape index (κ3) is 7.67. The van der Waals surface area contributed by atoms with Gasteiger partial charge in [-0.15, -0.1) is 0 Å². The van der Waals surface area contributed by atoms with E-state index in [9.17, 15) is 0 Å². The summed E-state index contributed by atoms with van der Waals surface area (Å²) in [7, 11) is 0. The molecule has 0 saturated heterocycles. The fourth-order valence-electron chi connectivity index (χ4n) is 5.20. The van der Waals surface area contributed by atoms with Crippen LogP contribution in [0.5, 0.6) is 0 Å². The monoisotopic (exact) mass is 553 g/mol. The molecule has 208 valence electrons. The van der Waals surface area contributed by atoms with Crippen LogP contribution >= 0.6 is 0 Å². The number of hydrogen-bond donors (Lipinski definition) is 0. The second kappa shape index (κ2) is 14.0. The van der Waals surface area contributed by atoms with Gasteiger partial charge in [-0.1, -0.05) is 158 Å². The van der Waals surface area contributed by atoms with E-state index in [1.54, 1.807) is 0 Å². The minimum atomic E-state index is 0.969. The Hall–Kier alpha value is -5.40. The van der Waals surface area contributed by atoms with E-state index in [1.807, 2.05) is 12.1 Å². The van der Waals surface area contributed by atoms with E-state index >= 15 is 0 Å². The fourth-order valence-corrected chi connectivity index (χ4v) is 5.20. The first kappa shape index (κ1) is 27.8. The summed E-state index contributed by atoms with van der Waals surface area (Å²) in [5.41, 5.74) is 10.9. The van der Waals surface area contributed by atoms with Crippen molar-refractivity contribution < 1.29 is 0 Å². The summed E-state index contributed by atoms with van der Waals surface area (Å²) in [4.78, 5) is 2.39. The maximum absolute atomic E-state index is 2.39. The van der Waals surface area contributed by atoms with Gasteiger partial charge in [0.15, 0.2) is 0 Å². The number of nitrogens with zero attached hydrogens (tertiary/aromatic N) is 1. The minimum absolute atomic E-state index is 0.969. The molecule has 43 heavy (non-hydrogen) atoms. The Bertz CT molecular complexity index is 1660. The van der Waals surface area contributed by atoms with E-state index in [4.69, 9.17) is 0 Å². The Morgan fingerprint density at radius 2 is 0.721 bits per heavy atom. The maximum Gasteiger partial charge on any atom is 0.0458 e. The standard InChI is InChI=1S/C42H35N/c1-4-10-34(11-5-1)16-19-37-22-28-40(29-23-37)43(41-30-24-38(25-31-41)20-17-35-12-6-2-7-13-35)42-32-26-39(27-33-42)21-18-36-14-8-3-9-15-36/h1-26,28-32H,27,33H2/b19-16+,20-17+,21-18+. The Morgan fingerprint density at radius 3 is 1.09 bits per heavy atom. The average Bonchev–Trinajstić information content (AvgIpc) is 3.09. The highest BCUT2D eigenvalue weighted by atomic mass is 15.1. The normalized spacial score (nSPS) is 13.4. The minimum Gasteiger partial charge on any atom is -0.314 e. The van der Waals surface area contributed by atoms with Crippen LogP contribution in [0.4, 0.5) is 11.4 Å². The number of anilines is 2. The van der Waals surface area contributed by atoms with Gasteiger partial charge in [-0.3, -0.25) is 0 Å². The number of hydrogen-bond acceptors (Lipinski definition) is 1. The van der Waals surface area contributed by atoms with Gasteiger partial charge in [0, 0.05) is 17.1 Å². The third-order valence-electron chi connectivity index (χ3n) is 7.57. The highest BCUT2D eigenvalue weighted by Gasteiger charge is 2.17. The largest absolute Gasteiger partial charge is 0.314 e. The first-order valence-electron chi connectivity index (χ1n) is 14.9. The van der Waals surface area contributed by atoms with Gasteiger partial charge in [0.05, 0.1) is 0 Å². The van der Waals surface area contributed by atoms with Crippen molar-refractivity contribution in [3.8, 4) is 0 Å². The Kier molecular flexibility index (Phi) is 9.02. The molecule has 0 radical (unpaired) electrons. The molecule has 0 aromatic heterocycles. The molecule has 0 atom stereocenters. The Morgan fingerprint density at radius 1 is 0.349 bits per heavy atom. The zero-order chi connectivity index (χ0) is 29.1. The molecule has 5 aromatic rings. The van der Waals surface area contributed by atoms with E-state index < -0.39 is 0 Å². The number of rotatable bonds is 9. The van der Waals surface area contributed by atoms with E-state index in [0.29, 0.717) is 0 Å². The van der Waals surface area contributed by atoms with Crippen molar-refractivity contribution in [3.05, 3.63) is 197 Å². The summed E-state index contributed by atoms with van der Waals surface area (Å²) in [6.45, 7) is 0. The van der Waals surface area contributed by atoms with Crippen LogP contribution in [0, 0.1) is 0 Å². The molecule has 5 aromatic carbocycles. The van der Waals surface area contributed by atoms with Crippen LogP contribution in [0.25, 0.3) is 30.4 Å². The van der Waals surface area contributed by atoms with Crippen molar-refractivity contribution in [3.63, 3.8) is 0 Å². The summed E-state index contributed by atoms with van der Waals surface area (Å²) in [5, 5.41) is 0. The molecule has 1 heteroatoms. The second-order valence-electron chi connectivity index (χ2n) is 10.7. The van der Waals surface area contributed by atoms with Gasteiger partial charge in [0.2, 0.25) is 0 Å². The molecule has 0 aliphatic heterocycles.